The van der Waals surface area contributed by atoms with Gasteiger partial charge in [-0.15, -0.1) is 11.3 Å². The van der Waals surface area contributed by atoms with Crippen LogP contribution in [0, 0.1) is 6.92 Å². The number of sulfonamides is 1. The van der Waals surface area contributed by atoms with Gasteiger partial charge >= 0.3 is 0 Å². The first-order chi connectivity index (χ1) is 9.59. The number of likely N-dealkylation sites (tertiary alicyclic amines) is 1. The van der Waals surface area contributed by atoms with Gasteiger partial charge in [0.25, 0.3) is 0 Å². The van der Waals surface area contributed by atoms with Gasteiger partial charge in [0, 0.05) is 29.5 Å². The molecule has 0 amide bonds. The topological polar surface area (TPSA) is 49.4 Å². The highest BCUT2D eigenvalue weighted by Crippen LogP contribution is 2.30. The Morgan fingerprint density at radius 2 is 1.90 bits per heavy atom. The molecular formula is C14H23BrN2O2S2. The molecule has 1 fully saturated rings. The summed E-state index contributed by atoms with van der Waals surface area (Å²) in [4.78, 5) is 3.63. The van der Waals surface area contributed by atoms with Crippen molar-refractivity contribution in [2.24, 2.45) is 0 Å². The average Bonchev–Trinajstić information content (AvgIpc) is 2.68. The Labute approximate surface area is 140 Å². The smallest absolute Gasteiger partial charge is 0.241 e. The zero-order valence-electron chi connectivity index (χ0n) is 12.9. The van der Waals surface area contributed by atoms with Crippen LogP contribution in [0.15, 0.2) is 14.7 Å². The number of hydrogen-bond donors (Lipinski definition) is 1. The molecule has 1 saturated heterocycles. The first-order valence-electron chi connectivity index (χ1n) is 7.13. The summed E-state index contributed by atoms with van der Waals surface area (Å²) < 4.78 is 28.7. The van der Waals surface area contributed by atoms with Crippen molar-refractivity contribution in [1.82, 2.24) is 9.62 Å². The van der Waals surface area contributed by atoms with Crippen LogP contribution in [-0.2, 0) is 10.0 Å². The van der Waals surface area contributed by atoms with E-state index in [2.05, 4.69) is 46.3 Å². The molecule has 0 atom stereocenters. The number of halogens is 1. The number of rotatable bonds is 3. The summed E-state index contributed by atoms with van der Waals surface area (Å²) in [6.45, 7) is 10.3. The maximum Gasteiger partial charge on any atom is 0.241 e. The fraction of sp³-hybridized carbons (Fsp3) is 0.714. The monoisotopic (exact) mass is 394 g/mol. The van der Waals surface area contributed by atoms with Gasteiger partial charge in [0.2, 0.25) is 10.0 Å². The summed E-state index contributed by atoms with van der Waals surface area (Å²) in [5.74, 6) is 0. The van der Waals surface area contributed by atoms with E-state index in [0.29, 0.717) is 4.90 Å². The summed E-state index contributed by atoms with van der Waals surface area (Å²) >= 11 is 4.80. The van der Waals surface area contributed by atoms with Gasteiger partial charge in [-0.25, -0.2) is 13.1 Å². The van der Waals surface area contributed by atoms with Crippen LogP contribution in [0.5, 0.6) is 0 Å². The van der Waals surface area contributed by atoms with E-state index in [1.54, 1.807) is 6.07 Å². The van der Waals surface area contributed by atoms with Crippen molar-refractivity contribution in [3.8, 4) is 0 Å². The van der Waals surface area contributed by atoms with Crippen molar-refractivity contribution in [2.75, 3.05) is 13.1 Å². The lowest BCUT2D eigenvalue weighted by molar-refractivity contribution is 0.100. The average molecular weight is 395 g/mol. The number of nitrogens with one attached hydrogen (secondary N) is 1. The molecule has 0 bridgehead atoms. The van der Waals surface area contributed by atoms with Crippen molar-refractivity contribution in [2.45, 2.75) is 57.0 Å². The second kappa shape index (κ2) is 6.28. The molecule has 0 unspecified atom stereocenters. The lowest BCUT2D eigenvalue weighted by Gasteiger charge is -2.40. The minimum atomic E-state index is -3.41. The maximum atomic E-state index is 12.5. The molecule has 4 nitrogen and oxygen atoms in total. The lowest BCUT2D eigenvalue weighted by Crippen LogP contribution is -2.50. The van der Waals surface area contributed by atoms with Crippen molar-refractivity contribution in [1.29, 1.82) is 0 Å². The van der Waals surface area contributed by atoms with E-state index < -0.39 is 10.0 Å². The van der Waals surface area contributed by atoms with Crippen LogP contribution in [-0.4, -0.2) is 38.0 Å². The zero-order chi connectivity index (χ0) is 15.8. The fourth-order valence-corrected chi connectivity index (χ4v) is 6.37. The van der Waals surface area contributed by atoms with E-state index in [-0.39, 0.29) is 11.6 Å². The van der Waals surface area contributed by atoms with Gasteiger partial charge in [-0.05, 0) is 62.5 Å². The van der Waals surface area contributed by atoms with Crippen molar-refractivity contribution >= 4 is 37.3 Å². The number of thiophene rings is 1. The SMILES string of the molecule is Cc1sc(Br)cc1S(=O)(=O)NC1CCN(C(C)(C)C)CC1. The summed E-state index contributed by atoms with van der Waals surface area (Å²) in [5, 5.41) is 0. The second-order valence-electron chi connectivity index (χ2n) is 6.52. The Bertz CT molecular complexity index is 597. The molecule has 0 aromatic carbocycles. The van der Waals surface area contributed by atoms with Gasteiger partial charge in [-0.2, -0.15) is 0 Å². The number of aryl methyl sites for hydroxylation is 1. The minimum Gasteiger partial charge on any atom is -0.298 e. The Balaban J connectivity index is 2.02. The number of hydrogen-bond acceptors (Lipinski definition) is 4. The van der Waals surface area contributed by atoms with E-state index in [1.807, 2.05) is 6.92 Å². The van der Waals surface area contributed by atoms with Crippen LogP contribution >= 0.6 is 27.3 Å². The molecule has 21 heavy (non-hydrogen) atoms. The van der Waals surface area contributed by atoms with Gasteiger partial charge in [-0.3, -0.25) is 4.90 Å². The third-order valence-electron chi connectivity index (χ3n) is 3.90. The highest BCUT2D eigenvalue weighted by Gasteiger charge is 2.30. The standard InChI is InChI=1S/C14H23BrN2O2S2/c1-10-12(9-13(15)20-10)21(18,19)16-11-5-7-17(8-6-11)14(2,3)4/h9,11,16H,5-8H2,1-4H3. The lowest BCUT2D eigenvalue weighted by atomic mass is 9.99. The molecule has 1 N–H and O–H groups in total. The van der Waals surface area contributed by atoms with Gasteiger partial charge < -0.3 is 0 Å². The molecule has 0 aliphatic carbocycles. The van der Waals surface area contributed by atoms with E-state index in [0.717, 1.165) is 34.6 Å². The largest absolute Gasteiger partial charge is 0.298 e. The van der Waals surface area contributed by atoms with E-state index in [9.17, 15) is 8.42 Å². The Morgan fingerprint density at radius 3 is 2.33 bits per heavy atom. The number of nitrogens with zero attached hydrogens (tertiary/aromatic N) is 1. The normalized spacial score (nSPS) is 19.1. The molecule has 1 aliphatic rings. The minimum absolute atomic E-state index is 0.0340. The third kappa shape index (κ3) is 4.28. The zero-order valence-corrected chi connectivity index (χ0v) is 16.2. The van der Waals surface area contributed by atoms with E-state index >= 15 is 0 Å². The van der Waals surface area contributed by atoms with Crippen molar-refractivity contribution in [3.63, 3.8) is 0 Å². The Hall–Kier alpha value is 0.0500. The highest BCUT2D eigenvalue weighted by atomic mass is 79.9. The molecular weight excluding hydrogens is 372 g/mol. The summed E-state index contributed by atoms with van der Waals surface area (Å²) in [7, 11) is -3.41. The van der Waals surface area contributed by atoms with Crippen LogP contribution in [0.4, 0.5) is 0 Å². The first-order valence-corrected chi connectivity index (χ1v) is 10.2. The molecule has 2 heterocycles. The van der Waals surface area contributed by atoms with Gasteiger partial charge in [0.1, 0.15) is 0 Å². The van der Waals surface area contributed by atoms with Crippen LogP contribution in [0.25, 0.3) is 0 Å². The Morgan fingerprint density at radius 1 is 1.33 bits per heavy atom. The van der Waals surface area contributed by atoms with Gasteiger partial charge in [0.05, 0.1) is 8.68 Å². The van der Waals surface area contributed by atoms with Crippen LogP contribution in [0.2, 0.25) is 0 Å². The van der Waals surface area contributed by atoms with Gasteiger partial charge in [0.15, 0.2) is 0 Å². The molecule has 0 spiro atoms. The molecule has 1 aliphatic heterocycles. The van der Waals surface area contributed by atoms with Crippen molar-refractivity contribution in [3.05, 3.63) is 14.7 Å². The predicted octanol–water partition coefficient (Wildman–Crippen LogP) is 3.36. The predicted molar refractivity (Wildman–Crippen MR) is 91.4 cm³/mol. The van der Waals surface area contributed by atoms with Crippen molar-refractivity contribution < 1.29 is 8.42 Å². The van der Waals surface area contributed by atoms with E-state index in [1.165, 1.54) is 11.3 Å². The van der Waals surface area contributed by atoms with Crippen LogP contribution in [0.1, 0.15) is 38.5 Å². The third-order valence-corrected chi connectivity index (χ3v) is 7.23. The molecule has 0 saturated carbocycles. The molecule has 0 radical (unpaired) electrons. The summed E-state index contributed by atoms with van der Waals surface area (Å²) in [6, 6.07) is 1.72. The van der Waals surface area contributed by atoms with Crippen LogP contribution in [0.3, 0.4) is 0 Å². The fourth-order valence-electron chi connectivity index (χ4n) is 2.65. The summed E-state index contributed by atoms with van der Waals surface area (Å²) in [5.41, 5.74) is 0.151. The first kappa shape index (κ1) is 17.4. The molecule has 7 heteroatoms. The molecule has 120 valence electrons. The highest BCUT2D eigenvalue weighted by molar-refractivity contribution is 9.11. The quantitative estimate of drug-likeness (QED) is 0.854. The Kier molecular flexibility index (Phi) is 5.20. The molecule has 2 rings (SSSR count). The second-order valence-corrected chi connectivity index (χ2v) is 10.8. The maximum absolute atomic E-state index is 12.5. The summed E-state index contributed by atoms with van der Waals surface area (Å²) in [6.07, 6.45) is 1.72. The number of piperidine rings is 1. The molecule has 1 aromatic heterocycles. The van der Waals surface area contributed by atoms with Gasteiger partial charge in [-0.1, -0.05) is 0 Å². The van der Waals surface area contributed by atoms with E-state index in [4.69, 9.17) is 0 Å². The van der Waals surface area contributed by atoms with Crippen LogP contribution < -0.4 is 4.72 Å². The molecule has 1 aromatic rings.